The van der Waals surface area contributed by atoms with Gasteiger partial charge in [-0.25, -0.2) is 4.79 Å². The maximum absolute atomic E-state index is 11.9. The molecule has 7 nitrogen and oxygen atoms in total. The number of amides is 1. The maximum Gasteiger partial charge on any atom is 0.328 e. The highest BCUT2D eigenvalue weighted by molar-refractivity contribution is 5.85. The summed E-state index contributed by atoms with van der Waals surface area (Å²) in [6.07, 6.45) is 0.151. The van der Waals surface area contributed by atoms with Gasteiger partial charge in [0.25, 0.3) is 0 Å². The van der Waals surface area contributed by atoms with Crippen LogP contribution in [0.2, 0.25) is 0 Å². The Morgan fingerprint density at radius 2 is 1.55 bits per heavy atom. The Labute approximate surface area is 131 Å². The van der Waals surface area contributed by atoms with E-state index in [1.807, 2.05) is 27.7 Å². The second kappa shape index (κ2) is 11.0. The van der Waals surface area contributed by atoms with Crippen LogP contribution < -0.4 is 11.1 Å². The zero-order valence-electron chi connectivity index (χ0n) is 13.9. The smallest absolute Gasteiger partial charge is 0.328 e. The van der Waals surface area contributed by atoms with Gasteiger partial charge in [0, 0.05) is 6.42 Å². The fourth-order valence-electron chi connectivity index (χ4n) is 1.45. The van der Waals surface area contributed by atoms with Crippen molar-refractivity contribution in [3.63, 3.8) is 0 Å². The Balaban J connectivity index is 4.43. The molecule has 0 spiro atoms. The Bertz CT molecular complexity index is 369. The molecular weight excluding hydrogens is 288 g/mol. The van der Waals surface area contributed by atoms with Crippen LogP contribution in [0.3, 0.4) is 0 Å². The lowest BCUT2D eigenvalue weighted by atomic mass is 10.1. The van der Waals surface area contributed by atoms with Crippen LogP contribution in [0.5, 0.6) is 0 Å². The molecule has 0 saturated heterocycles. The summed E-state index contributed by atoms with van der Waals surface area (Å²) in [4.78, 5) is 34.9. The molecule has 0 rings (SSSR count). The lowest BCUT2D eigenvalue weighted by molar-refractivity contribution is -0.150. The van der Waals surface area contributed by atoms with E-state index in [2.05, 4.69) is 5.32 Å². The molecule has 0 aliphatic rings. The number of ether oxygens (including phenoxy) is 2. The van der Waals surface area contributed by atoms with E-state index < -0.39 is 23.9 Å². The normalized spacial score (nSPS) is 12.1. The molecule has 1 unspecified atom stereocenters. The van der Waals surface area contributed by atoms with Crippen molar-refractivity contribution >= 4 is 17.8 Å². The summed E-state index contributed by atoms with van der Waals surface area (Å²) in [7, 11) is 0. The first-order valence-corrected chi connectivity index (χ1v) is 7.57. The Morgan fingerprint density at radius 3 is 2.05 bits per heavy atom. The van der Waals surface area contributed by atoms with Crippen molar-refractivity contribution in [2.24, 2.45) is 17.6 Å². The van der Waals surface area contributed by atoms with Gasteiger partial charge in [0.15, 0.2) is 0 Å². The standard InChI is InChI=1S/C15H28N2O5/c1-10(2)8-21-14(19)6-5-12(17-13(18)7-16)15(20)22-9-11(3)4/h10-12H,5-9,16H2,1-4H3,(H,17,18). The van der Waals surface area contributed by atoms with Crippen LogP contribution in [-0.4, -0.2) is 43.6 Å². The molecule has 0 aromatic rings. The van der Waals surface area contributed by atoms with E-state index in [-0.39, 0.29) is 37.8 Å². The van der Waals surface area contributed by atoms with Crippen molar-refractivity contribution < 1.29 is 23.9 Å². The van der Waals surface area contributed by atoms with Crippen molar-refractivity contribution in [3.05, 3.63) is 0 Å². The van der Waals surface area contributed by atoms with E-state index >= 15 is 0 Å². The molecular formula is C15H28N2O5. The van der Waals surface area contributed by atoms with Gasteiger partial charge in [-0.15, -0.1) is 0 Å². The molecule has 0 aromatic heterocycles. The largest absolute Gasteiger partial charge is 0.465 e. The van der Waals surface area contributed by atoms with Crippen molar-refractivity contribution in [2.45, 2.75) is 46.6 Å². The minimum Gasteiger partial charge on any atom is -0.465 e. The fourth-order valence-corrected chi connectivity index (χ4v) is 1.45. The first kappa shape index (κ1) is 20.4. The van der Waals surface area contributed by atoms with Crippen LogP contribution in [-0.2, 0) is 23.9 Å². The molecule has 1 amide bonds. The maximum atomic E-state index is 11.9. The fraction of sp³-hybridized carbons (Fsp3) is 0.800. The van der Waals surface area contributed by atoms with Gasteiger partial charge >= 0.3 is 11.9 Å². The van der Waals surface area contributed by atoms with Gasteiger partial charge in [0.05, 0.1) is 19.8 Å². The Hall–Kier alpha value is -1.63. The molecule has 0 aromatic carbocycles. The van der Waals surface area contributed by atoms with Crippen LogP contribution in [0, 0.1) is 11.8 Å². The highest BCUT2D eigenvalue weighted by Gasteiger charge is 2.23. The lowest BCUT2D eigenvalue weighted by Gasteiger charge is -2.18. The van der Waals surface area contributed by atoms with Crippen LogP contribution in [0.25, 0.3) is 0 Å². The van der Waals surface area contributed by atoms with Gasteiger partial charge < -0.3 is 20.5 Å². The molecule has 0 saturated carbocycles. The van der Waals surface area contributed by atoms with Gasteiger partial charge in [-0.1, -0.05) is 27.7 Å². The number of esters is 2. The Morgan fingerprint density at radius 1 is 1.00 bits per heavy atom. The molecule has 1 atom stereocenters. The minimum atomic E-state index is -0.888. The van der Waals surface area contributed by atoms with Crippen LogP contribution >= 0.6 is 0 Å². The van der Waals surface area contributed by atoms with Gasteiger partial charge in [-0.3, -0.25) is 9.59 Å². The van der Waals surface area contributed by atoms with Crippen LogP contribution in [0.4, 0.5) is 0 Å². The zero-order chi connectivity index (χ0) is 17.1. The molecule has 0 aliphatic carbocycles. The summed E-state index contributed by atoms with van der Waals surface area (Å²) in [5, 5.41) is 2.46. The molecule has 22 heavy (non-hydrogen) atoms. The first-order valence-electron chi connectivity index (χ1n) is 7.57. The number of carbonyl (C=O) groups excluding carboxylic acids is 3. The quantitative estimate of drug-likeness (QED) is 0.572. The first-order chi connectivity index (χ1) is 10.3. The summed E-state index contributed by atoms with van der Waals surface area (Å²) in [6.45, 7) is 8.03. The van der Waals surface area contributed by atoms with Gasteiger partial charge in [-0.2, -0.15) is 0 Å². The highest BCUT2D eigenvalue weighted by Crippen LogP contribution is 2.05. The van der Waals surface area contributed by atoms with Crippen molar-refractivity contribution in [2.75, 3.05) is 19.8 Å². The molecule has 0 heterocycles. The number of hydrogen-bond donors (Lipinski definition) is 2. The van der Waals surface area contributed by atoms with Gasteiger partial charge in [0.2, 0.25) is 5.91 Å². The monoisotopic (exact) mass is 316 g/mol. The van der Waals surface area contributed by atoms with Crippen molar-refractivity contribution in [1.29, 1.82) is 0 Å². The van der Waals surface area contributed by atoms with Crippen molar-refractivity contribution in [1.82, 2.24) is 5.32 Å². The SMILES string of the molecule is CC(C)COC(=O)CCC(NC(=O)CN)C(=O)OCC(C)C. The predicted molar refractivity (Wildman–Crippen MR) is 81.8 cm³/mol. The number of nitrogens with two attached hydrogens (primary N) is 1. The molecule has 0 fully saturated rings. The molecule has 0 aliphatic heterocycles. The third kappa shape index (κ3) is 10.1. The summed E-state index contributed by atoms with van der Waals surface area (Å²) < 4.78 is 10.1. The average molecular weight is 316 g/mol. The third-order valence-electron chi connectivity index (χ3n) is 2.58. The van der Waals surface area contributed by atoms with E-state index in [0.29, 0.717) is 6.61 Å². The Kier molecular flexibility index (Phi) is 10.2. The summed E-state index contributed by atoms with van der Waals surface area (Å²) in [5.41, 5.74) is 5.22. The van der Waals surface area contributed by atoms with E-state index in [9.17, 15) is 14.4 Å². The van der Waals surface area contributed by atoms with Crippen LogP contribution in [0.15, 0.2) is 0 Å². The summed E-state index contributed by atoms with van der Waals surface area (Å²) >= 11 is 0. The highest BCUT2D eigenvalue weighted by atomic mass is 16.5. The topological polar surface area (TPSA) is 108 Å². The molecule has 0 radical (unpaired) electrons. The minimum absolute atomic E-state index is 0.0268. The third-order valence-corrected chi connectivity index (χ3v) is 2.58. The van der Waals surface area contributed by atoms with Crippen molar-refractivity contribution in [3.8, 4) is 0 Å². The summed E-state index contributed by atoms with van der Waals surface area (Å²) in [5.74, 6) is -1.01. The van der Waals surface area contributed by atoms with Gasteiger partial charge in [0.1, 0.15) is 6.04 Å². The second-order valence-corrected chi connectivity index (χ2v) is 5.96. The van der Waals surface area contributed by atoms with E-state index in [0.717, 1.165) is 0 Å². The molecule has 0 bridgehead atoms. The average Bonchev–Trinajstić information content (AvgIpc) is 2.46. The molecule has 128 valence electrons. The number of nitrogens with one attached hydrogen (secondary N) is 1. The number of hydrogen-bond acceptors (Lipinski definition) is 6. The zero-order valence-corrected chi connectivity index (χ0v) is 13.9. The lowest BCUT2D eigenvalue weighted by Crippen LogP contribution is -2.45. The molecule has 7 heteroatoms. The summed E-state index contributed by atoms with van der Waals surface area (Å²) in [6, 6.07) is -0.888. The predicted octanol–water partition coefficient (Wildman–Crippen LogP) is 0.609. The second-order valence-electron chi connectivity index (χ2n) is 5.96. The van der Waals surface area contributed by atoms with Crippen LogP contribution in [0.1, 0.15) is 40.5 Å². The molecule has 3 N–H and O–H groups in total. The number of carbonyl (C=O) groups is 3. The van der Waals surface area contributed by atoms with E-state index in [4.69, 9.17) is 15.2 Å². The number of rotatable bonds is 10. The van der Waals surface area contributed by atoms with Gasteiger partial charge in [-0.05, 0) is 18.3 Å². The van der Waals surface area contributed by atoms with E-state index in [1.54, 1.807) is 0 Å². The van der Waals surface area contributed by atoms with E-state index in [1.165, 1.54) is 0 Å².